The molecule has 5 heteroatoms. The summed E-state index contributed by atoms with van der Waals surface area (Å²) < 4.78 is 1.92. The average molecular weight is 269 g/mol. The third-order valence-electron chi connectivity index (χ3n) is 4.24. The largest absolute Gasteiger partial charge is 0.310 e. The number of aromatic nitrogens is 2. The normalized spacial score (nSPS) is 28.6. The van der Waals surface area contributed by atoms with Gasteiger partial charge in [-0.1, -0.05) is 11.6 Å². The number of nitrogens with one attached hydrogen (secondary N) is 1. The number of hydrogen-bond donors (Lipinski definition) is 1. The van der Waals surface area contributed by atoms with Crippen LogP contribution in [0.3, 0.4) is 0 Å². The molecule has 2 unspecified atom stereocenters. The fourth-order valence-electron chi connectivity index (χ4n) is 3.22. The molecule has 2 aliphatic heterocycles. The third-order valence-corrected chi connectivity index (χ3v) is 4.73. The van der Waals surface area contributed by atoms with Gasteiger partial charge in [0, 0.05) is 38.8 Å². The minimum absolute atomic E-state index is 0.672. The van der Waals surface area contributed by atoms with Crippen molar-refractivity contribution in [3.63, 3.8) is 0 Å². The van der Waals surface area contributed by atoms with Gasteiger partial charge in [0.25, 0.3) is 0 Å². The number of likely N-dealkylation sites (tertiary alicyclic amines) is 1. The highest BCUT2D eigenvalue weighted by Crippen LogP contribution is 2.24. The molecule has 0 amide bonds. The van der Waals surface area contributed by atoms with E-state index < -0.39 is 0 Å². The van der Waals surface area contributed by atoms with Crippen molar-refractivity contribution in [1.29, 1.82) is 0 Å². The van der Waals surface area contributed by atoms with Crippen molar-refractivity contribution in [3.8, 4) is 0 Å². The van der Waals surface area contributed by atoms with Gasteiger partial charge in [-0.05, 0) is 26.2 Å². The summed E-state index contributed by atoms with van der Waals surface area (Å²) >= 11 is 6.33. The molecule has 0 radical (unpaired) electrons. The van der Waals surface area contributed by atoms with Crippen molar-refractivity contribution in [2.45, 2.75) is 44.8 Å². The summed E-state index contributed by atoms with van der Waals surface area (Å²) in [6.45, 7) is 5.19. The van der Waals surface area contributed by atoms with Crippen LogP contribution < -0.4 is 5.32 Å². The zero-order valence-corrected chi connectivity index (χ0v) is 11.9. The maximum atomic E-state index is 6.33. The molecule has 2 aliphatic rings. The van der Waals surface area contributed by atoms with E-state index in [-0.39, 0.29) is 0 Å². The Hall–Kier alpha value is -0.580. The summed E-state index contributed by atoms with van der Waals surface area (Å²) in [5.41, 5.74) is 2.08. The highest BCUT2D eigenvalue weighted by Gasteiger charge is 2.29. The van der Waals surface area contributed by atoms with Crippen molar-refractivity contribution >= 4 is 11.6 Å². The number of aryl methyl sites for hydroxylation is 2. The van der Waals surface area contributed by atoms with Gasteiger partial charge < -0.3 is 5.32 Å². The molecule has 3 heterocycles. The van der Waals surface area contributed by atoms with E-state index in [0.717, 1.165) is 42.1 Å². The van der Waals surface area contributed by atoms with Gasteiger partial charge in [-0.25, -0.2) is 0 Å². The zero-order chi connectivity index (χ0) is 12.7. The molecule has 1 N–H and O–H groups in total. The van der Waals surface area contributed by atoms with E-state index in [2.05, 4.69) is 15.3 Å². The number of halogens is 1. The number of nitrogens with zero attached hydrogens (tertiary/aromatic N) is 3. The Morgan fingerprint density at radius 3 is 2.83 bits per heavy atom. The molecule has 4 nitrogen and oxygen atoms in total. The van der Waals surface area contributed by atoms with E-state index in [1.807, 2.05) is 18.7 Å². The van der Waals surface area contributed by atoms with Gasteiger partial charge in [0.05, 0.1) is 16.4 Å². The molecule has 0 saturated carbocycles. The minimum atomic E-state index is 0.672. The van der Waals surface area contributed by atoms with Crippen LogP contribution in [0.4, 0.5) is 0 Å². The second-order valence-corrected chi connectivity index (χ2v) is 6.01. The Morgan fingerprint density at radius 1 is 1.33 bits per heavy atom. The minimum Gasteiger partial charge on any atom is -0.310 e. The molecule has 1 aromatic rings. The highest BCUT2D eigenvalue weighted by molar-refractivity contribution is 6.31. The second kappa shape index (κ2) is 4.83. The molecule has 2 saturated heterocycles. The SMILES string of the molecule is Cc1nn(C)c(CN2CCC3CCC(C2)N3)c1Cl. The summed E-state index contributed by atoms with van der Waals surface area (Å²) in [5.74, 6) is 0. The van der Waals surface area contributed by atoms with Crippen molar-refractivity contribution in [1.82, 2.24) is 20.0 Å². The van der Waals surface area contributed by atoms with Gasteiger partial charge in [0.1, 0.15) is 0 Å². The summed E-state index contributed by atoms with van der Waals surface area (Å²) in [7, 11) is 1.98. The molecule has 100 valence electrons. The second-order valence-electron chi connectivity index (χ2n) is 5.63. The number of fused-ring (bicyclic) bond motifs is 2. The maximum Gasteiger partial charge on any atom is 0.0860 e. The van der Waals surface area contributed by atoms with Gasteiger partial charge in [-0.15, -0.1) is 0 Å². The smallest absolute Gasteiger partial charge is 0.0860 e. The molecule has 2 atom stereocenters. The molecule has 0 spiro atoms. The van der Waals surface area contributed by atoms with Crippen molar-refractivity contribution in [2.24, 2.45) is 7.05 Å². The summed E-state index contributed by atoms with van der Waals surface area (Å²) in [6.07, 6.45) is 3.92. The topological polar surface area (TPSA) is 33.1 Å². The van der Waals surface area contributed by atoms with Crippen LogP contribution in [0, 0.1) is 6.92 Å². The van der Waals surface area contributed by atoms with Crippen LogP contribution >= 0.6 is 11.6 Å². The van der Waals surface area contributed by atoms with Gasteiger partial charge in [0.15, 0.2) is 0 Å². The Labute approximate surface area is 113 Å². The van der Waals surface area contributed by atoms with E-state index in [1.165, 1.54) is 19.3 Å². The molecular weight excluding hydrogens is 248 g/mol. The van der Waals surface area contributed by atoms with Gasteiger partial charge >= 0.3 is 0 Å². The number of hydrogen-bond acceptors (Lipinski definition) is 3. The summed E-state index contributed by atoms with van der Waals surface area (Å²) in [5, 5.41) is 8.93. The maximum absolute atomic E-state index is 6.33. The molecule has 18 heavy (non-hydrogen) atoms. The first-order chi connectivity index (χ1) is 8.63. The average Bonchev–Trinajstić information content (AvgIpc) is 2.77. The Kier molecular flexibility index (Phi) is 3.34. The fourth-order valence-corrected chi connectivity index (χ4v) is 3.44. The Balaban J connectivity index is 1.72. The van der Waals surface area contributed by atoms with Crippen LogP contribution in [0.25, 0.3) is 0 Å². The monoisotopic (exact) mass is 268 g/mol. The Morgan fingerprint density at radius 2 is 2.11 bits per heavy atom. The van der Waals surface area contributed by atoms with Crippen LogP contribution in [0.1, 0.15) is 30.7 Å². The predicted molar refractivity (Wildman–Crippen MR) is 72.8 cm³/mol. The van der Waals surface area contributed by atoms with E-state index >= 15 is 0 Å². The standard InChI is InChI=1S/C13H21ClN4/c1-9-13(14)12(17(2)16-9)8-18-6-5-10-3-4-11(7-18)15-10/h10-11,15H,3-8H2,1-2H3. The lowest BCUT2D eigenvalue weighted by Gasteiger charge is -2.24. The van der Waals surface area contributed by atoms with E-state index in [9.17, 15) is 0 Å². The highest BCUT2D eigenvalue weighted by atomic mass is 35.5. The van der Waals surface area contributed by atoms with Crippen LogP contribution in [0.2, 0.25) is 5.02 Å². The molecule has 3 rings (SSSR count). The lowest BCUT2D eigenvalue weighted by atomic mass is 10.1. The van der Waals surface area contributed by atoms with Crippen LogP contribution in [0.5, 0.6) is 0 Å². The van der Waals surface area contributed by atoms with Crippen LogP contribution in [0.15, 0.2) is 0 Å². The van der Waals surface area contributed by atoms with Crippen molar-refractivity contribution < 1.29 is 0 Å². The zero-order valence-electron chi connectivity index (χ0n) is 11.1. The molecule has 0 aliphatic carbocycles. The fraction of sp³-hybridized carbons (Fsp3) is 0.769. The van der Waals surface area contributed by atoms with Gasteiger partial charge in [-0.2, -0.15) is 5.10 Å². The van der Waals surface area contributed by atoms with Crippen molar-refractivity contribution in [3.05, 3.63) is 16.4 Å². The molecular formula is C13H21ClN4. The Bertz CT molecular complexity index is 442. The number of rotatable bonds is 2. The first-order valence-electron chi connectivity index (χ1n) is 6.80. The van der Waals surface area contributed by atoms with E-state index in [1.54, 1.807) is 0 Å². The van der Waals surface area contributed by atoms with Gasteiger partial charge in [0.2, 0.25) is 0 Å². The molecule has 0 aromatic carbocycles. The van der Waals surface area contributed by atoms with Gasteiger partial charge in [-0.3, -0.25) is 9.58 Å². The predicted octanol–water partition coefficient (Wildman–Crippen LogP) is 1.71. The first kappa shape index (κ1) is 12.5. The quantitative estimate of drug-likeness (QED) is 0.887. The molecule has 1 aromatic heterocycles. The lowest BCUT2D eigenvalue weighted by molar-refractivity contribution is 0.245. The molecule has 2 bridgehead atoms. The van der Waals surface area contributed by atoms with Crippen LogP contribution in [-0.2, 0) is 13.6 Å². The van der Waals surface area contributed by atoms with E-state index in [4.69, 9.17) is 11.6 Å². The molecule has 2 fully saturated rings. The van der Waals surface area contributed by atoms with Crippen molar-refractivity contribution in [2.75, 3.05) is 13.1 Å². The first-order valence-corrected chi connectivity index (χ1v) is 7.17. The third kappa shape index (κ3) is 2.29. The van der Waals surface area contributed by atoms with Crippen LogP contribution in [-0.4, -0.2) is 39.9 Å². The van der Waals surface area contributed by atoms with E-state index in [0.29, 0.717) is 6.04 Å². The summed E-state index contributed by atoms with van der Waals surface area (Å²) in [6, 6.07) is 1.41. The summed E-state index contributed by atoms with van der Waals surface area (Å²) in [4.78, 5) is 2.51. The lowest BCUT2D eigenvalue weighted by Crippen LogP contribution is -2.35.